The van der Waals surface area contributed by atoms with Gasteiger partial charge in [0.05, 0.1) is 12.7 Å². The van der Waals surface area contributed by atoms with Crippen molar-refractivity contribution in [1.82, 2.24) is 0 Å². The van der Waals surface area contributed by atoms with E-state index in [1.807, 2.05) is 6.92 Å². The Morgan fingerprint density at radius 1 is 1.09 bits per heavy atom. The average molecular weight is 357 g/mol. The van der Waals surface area contributed by atoms with Gasteiger partial charge in [0, 0.05) is 8.07 Å². The van der Waals surface area contributed by atoms with E-state index in [2.05, 4.69) is 52.3 Å². The largest absolute Gasteiger partial charge is 0.544 e. The summed E-state index contributed by atoms with van der Waals surface area (Å²) < 4.78 is 11.3. The third-order valence-electron chi connectivity index (χ3n) is 3.20. The standard InChI is InChI=1S/C18H36O3Si2/c1-10-11-12-13-16(14-22(4,5)6)17(21-23(7,8)9)15(2)18(19)20-3/h13H,10-12,14H2,1-9H3/b16-13+,17-15+. The van der Waals surface area contributed by atoms with Crippen molar-refractivity contribution in [1.29, 1.82) is 0 Å². The Morgan fingerprint density at radius 3 is 2.04 bits per heavy atom. The maximum atomic E-state index is 12.1. The lowest BCUT2D eigenvalue weighted by atomic mass is 10.1. The normalized spacial score (nSPS) is 14.4. The van der Waals surface area contributed by atoms with Crippen molar-refractivity contribution in [2.75, 3.05) is 7.11 Å². The molecular formula is C18H36O3Si2. The van der Waals surface area contributed by atoms with E-state index in [0.717, 1.165) is 24.6 Å². The first-order valence-electron chi connectivity index (χ1n) is 8.59. The van der Waals surface area contributed by atoms with Gasteiger partial charge in [-0.2, -0.15) is 0 Å². The molecule has 0 atom stereocenters. The number of unbranched alkanes of at least 4 members (excludes halogenated alkanes) is 2. The molecule has 0 radical (unpaired) electrons. The van der Waals surface area contributed by atoms with E-state index in [4.69, 9.17) is 9.16 Å². The molecular weight excluding hydrogens is 320 g/mol. The molecule has 0 aliphatic carbocycles. The number of carbonyl (C=O) groups is 1. The second-order valence-electron chi connectivity index (χ2n) is 8.27. The molecule has 0 spiro atoms. The van der Waals surface area contributed by atoms with Gasteiger partial charge in [-0.15, -0.1) is 0 Å². The summed E-state index contributed by atoms with van der Waals surface area (Å²) >= 11 is 0. The Bertz CT molecular complexity index is 452. The summed E-state index contributed by atoms with van der Waals surface area (Å²) in [6, 6.07) is 1.02. The highest BCUT2D eigenvalue weighted by Crippen LogP contribution is 2.29. The molecule has 0 aromatic carbocycles. The van der Waals surface area contributed by atoms with Gasteiger partial charge in [0.15, 0.2) is 0 Å². The van der Waals surface area contributed by atoms with E-state index in [0.29, 0.717) is 5.57 Å². The molecule has 0 aliphatic rings. The van der Waals surface area contributed by atoms with E-state index in [1.54, 1.807) is 0 Å². The molecule has 0 saturated heterocycles. The molecule has 0 N–H and O–H groups in total. The van der Waals surface area contributed by atoms with Crippen LogP contribution in [0, 0.1) is 0 Å². The molecule has 23 heavy (non-hydrogen) atoms. The topological polar surface area (TPSA) is 35.5 Å². The van der Waals surface area contributed by atoms with Crippen molar-refractivity contribution >= 4 is 22.4 Å². The number of esters is 1. The van der Waals surface area contributed by atoms with Gasteiger partial charge in [-0.1, -0.05) is 45.5 Å². The number of ether oxygens (including phenoxy) is 1. The number of allylic oxidation sites excluding steroid dienone is 2. The number of methoxy groups -OCH3 is 1. The van der Waals surface area contributed by atoms with Crippen molar-refractivity contribution < 1.29 is 14.0 Å². The third-order valence-corrected chi connectivity index (χ3v) is 5.46. The van der Waals surface area contributed by atoms with E-state index in [9.17, 15) is 4.79 Å². The van der Waals surface area contributed by atoms with Crippen LogP contribution in [0.5, 0.6) is 0 Å². The minimum Gasteiger partial charge on any atom is -0.544 e. The lowest BCUT2D eigenvalue weighted by molar-refractivity contribution is -0.136. The van der Waals surface area contributed by atoms with Crippen LogP contribution >= 0.6 is 0 Å². The van der Waals surface area contributed by atoms with Crippen LogP contribution in [-0.2, 0) is 14.0 Å². The molecule has 0 amide bonds. The first-order chi connectivity index (χ1) is 10.4. The Hall–Kier alpha value is -0.816. The van der Waals surface area contributed by atoms with Crippen LogP contribution in [0.3, 0.4) is 0 Å². The highest BCUT2D eigenvalue weighted by molar-refractivity contribution is 6.76. The molecule has 0 aromatic rings. The maximum Gasteiger partial charge on any atom is 0.337 e. The van der Waals surface area contributed by atoms with Crippen LogP contribution < -0.4 is 0 Å². The lowest BCUT2D eigenvalue weighted by Gasteiger charge is -2.28. The summed E-state index contributed by atoms with van der Waals surface area (Å²) in [5.74, 6) is 0.477. The molecule has 0 aliphatic heterocycles. The first-order valence-corrected chi connectivity index (χ1v) is 15.7. The van der Waals surface area contributed by atoms with Gasteiger partial charge in [0.25, 0.3) is 0 Å². The van der Waals surface area contributed by atoms with Gasteiger partial charge in [-0.3, -0.25) is 0 Å². The first kappa shape index (κ1) is 22.2. The number of rotatable bonds is 9. The van der Waals surface area contributed by atoms with Crippen molar-refractivity contribution in [2.45, 2.75) is 78.4 Å². The van der Waals surface area contributed by atoms with E-state index >= 15 is 0 Å². The molecule has 0 fully saturated rings. The summed E-state index contributed by atoms with van der Waals surface area (Å²) in [6.45, 7) is 17.5. The number of hydrogen-bond acceptors (Lipinski definition) is 3. The Morgan fingerprint density at radius 2 is 1.65 bits per heavy atom. The number of hydrogen-bond donors (Lipinski definition) is 0. The van der Waals surface area contributed by atoms with Crippen LogP contribution in [0.2, 0.25) is 45.3 Å². The summed E-state index contributed by atoms with van der Waals surface area (Å²) in [4.78, 5) is 12.1. The fraction of sp³-hybridized carbons (Fsp3) is 0.722. The van der Waals surface area contributed by atoms with E-state index in [-0.39, 0.29) is 5.97 Å². The van der Waals surface area contributed by atoms with Gasteiger partial charge < -0.3 is 9.16 Å². The zero-order chi connectivity index (χ0) is 18.3. The van der Waals surface area contributed by atoms with Gasteiger partial charge in [-0.25, -0.2) is 4.79 Å². The smallest absolute Gasteiger partial charge is 0.337 e. The van der Waals surface area contributed by atoms with Crippen molar-refractivity contribution in [3.05, 3.63) is 23.0 Å². The molecule has 134 valence electrons. The summed E-state index contributed by atoms with van der Waals surface area (Å²) in [5.41, 5.74) is 1.79. The molecule has 0 unspecified atom stereocenters. The number of carbonyl (C=O) groups excluding carboxylic acids is 1. The lowest BCUT2D eigenvalue weighted by Crippen LogP contribution is -2.29. The van der Waals surface area contributed by atoms with Gasteiger partial charge in [-0.05, 0) is 44.6 Å². The highest BCUT2D eigenvalue weighted by atomic mass is 28.4. The minimum atomic E-state index is -1.82. The Kier molecular flexibility index (Phi) is 9.14. The summed E-state index contributed by atoms with van der Waals surface area (Å²) in [7, 11) is -1.72. The molecule has 5 heteroatoms. The van der Waals surface area contributed by atoms with Crippen molar-refractivity contribution in [3.63, 3.8) is 0 Å². The van der Waals surface area contributed by atoms with Crippen LogP contribution in [0.1, 0.15) is 33.1 Å². The third kappa shape index (κ3) is 9.81. The molecule has 0 bridgehead atoms. The molecule has 0 heterocycles. The second kappa shape index (κ2) is 9.47. The summed E-state index contributed by atoms with van der Waals surface area (Å²) in [6.07, 6.45) is 5.64. The van der Waals surface area contributed by atoms with Crippen LogP contribution in [0.4, 0.5) is 0 Å². The zero-order valence-corrected chi connectivity index (χ0v) is 18.6. The van der Waals surface area contributed by atoms with Crippen LogP contribution in [0.15, 0.2) is 23.0 Å². The monoisotopic (exact) mass is 356 g/mol. The average Bonchev–Trinajstić information content (AvgIpc) is 2.40. The molecule has 0 aromatic heterocycles. The molecule has 0 saturated carbocycles. The predicted molar refractivity (Wildman–Crippen MR) is 105 cm³/mol. The van der Waals surface area contributed by atoms with E-state index < -0.39 is 16.4 Å². The predicted octanol–water partition coefficient (Wildman–Crippen LogP) is 5.74. The Labute approximate surface area is 145 Å². The second-order valence-corrected chi connectivity index (χ2v) is 18.2. The maximum absolute atomic E-state index is 12.1. The highest BCUT2D eigenvalue weighted by Gasteiger charge is 2.27. The molecule has 3 nitrogen and oxygen atoms in total. The van der Waals surface area contributed by atoms with Crippen LogP contribution in [0.25, 0.3) is 0 Å². The quantitative estimate of drug-likeness (QED) is 0.132. The van der Waals surface area contributed by atoms with E-state index in [1.165, 1.54) is 19.1 Å². The van der Waals surface area contributed by atoms with Gasteiger partial charge in [0.1, 0.15) is 5.76 Å². The minimum absolute atomic E-state index is 0.296. The SMILES string of the molecule is CCCC/C=C(C[Si](C)(C)C)/C(O[Si](C)(C)C)=C(/C)C(=O)OC. The fourth-order valence-electron chi connectivity index (χ4n) is 2.23. The van der Waals surface area contributed by atoms with Crippen molar-refractivity contribution in [3.8, 4) is 0 Å². The Balaban J connectivity index is 5.89. The van der Waals surface area contributed by atoms with Crippen molar-refractivity contribution in [2.24, 2.45) is 0 Å². The van der Waals surface area contributed by atoms with Gasteiger partial charge >= 0.3 is 5.97 Å². The van der Waals surface area contributed by atoms with Gasteiger partial charge in [0.2, 0.25) is 8.32 Å². The zero-order valence-electron chi connectivity index (χ0n) is 16.6. The fourth-order valence-corrected chi connectivity index (χ4v) is 4.58. The van der Waals surface area contributed by atoms with Crippen LogP contribution in [-0.4, -0.2) is 29.5 Å². The molecule has 0 rings (SSSR count). The summed E-state index contributed by atoms with van der Waals surface area (Å²) in [5, 5.41) is 0.